The third-order valence-corrected chi connectivity index (χ3v) is 4.97. The Bertz CT molecular complexity index is 1190. The Morgan fingerprint density at radius 3 is 2.26 bits per heavy atom. The third kappa shape index (κ3) is 3.78. The number of carbonyl (C=O) groups is 1. The molecule has 1 atom stereocenters. The average Bonchev–Trinajstić information content (AvgIpc) is 2.96. The summed E-state index contributed by atoms with van der Waals surface area (Å²) in [6.07, 6.45) is -4.76. The Balaban J connectivity index is 1.86. The lowest BCUT2D eigenvalue weighted by Gasteiger charge is -2.21. The van der Waals surface area contributed by atoms with Crippen molar-refractivity contribution in [3.63, 3.8) is 0 Å². The fraction of sp³-hybridized carbons (Fsp3) is 0.125. The summed E-state index contributed by atoms with van der Waals surface area (Å²) in [6.45, 7) is -0.283. The molecule has 0 aliphatic carbocycles. The van der Waals surface area contributed by atoms with E-state index >= 15 is 0 Å². The van der Waals surface area contributed by atoms with Crippen LogP contribution in [0.3, 0.4) is 0 Å². The Morgan fingerprint density at radius 2 is 1.61 bits per heavy atom. The van der Waals surface area contributed by atoms with Crippen molar-refractivity contribution in [3.8, 4) is 11.8 Å². The van der Waals surface area contributed by atoms with Crippen molar-refractivity contribution in [2.24, 2.45) is 0 Å². The first-order valence-corrected chi connectivity index (χ1v) is 9.28. The first-order chi connectivity index (χ1) is 14.7. The monoisotopic (exact) mass is 425 g/mol. The maximum absolute atomic E-state index is 13.7. The van der Waals surface area contributed by atoms with E-state index in [0.29, 0.717) is 11.1 Å². The number of carbonyl (C=O) groups excluding carboxylic acids is 1. The topological polar surface area (TPSA) is 40.5 Å². The second-order valence-corrected chi connectivity index (χ2v) is 7.04. The lowest BCUT2D eigenvalue weighted by molar-refractivity contribution is -0.137. The van der Waals surface area contributed by atoms with E-state index in [1.54, 1.807) is 30.3 Å². The highest BCUT2D eigenvalue weighted by atomic mass is 19.4. The maximum atomic E-state index is 13.7. The van der Waals surface area contributed by atoms with Crippen LogP contribution in [0, 0.1) is 17.7 Å². The lowest BCUT2D eigenvalue weighted by Crippen LogP contribution is -2.39. The van der Waals surface area contributed by atoms with Gasteiger partial charge in [-0.05, 0) is 41.8 Å². The van der Waals surface area contributed by atoms with Crippen molar-refractivity contribution < 1.29 is 27.5 Å². The van der Waals surface area contributed by atoms with E-state index in [0.717, 1.165) is 29.2 Å². The molecule has 1 heterocycles. The lowest BCUT2D eigenvalue weighted by atomic mass is 9.94. The maximum Gasteiger partial charge on any atom is 0.418 e. The smallest absolute Gasteiger partial charge is 0.366 e. The number of hydrogen-bond acceptors (Lipinski definition) is 2. The minimum absolute atomic E-state index is 0.238. The summed E-state index contributed by atoms with van der Waals surface area (Å²) in [6, 6.07) is 16.7. The number of aliphatic hydroxyl groups is 1. The summed E-state index contributed by atoms with van der Waals surface area (Å²) in [5, 5.41) is 11.2. The molecule has 4 rings (SSSR count). The van der Waals surface area contributed by atoms with Gasteiger partial charge in [0.05, 0.1) is 17.8 Å². The van der Waals surface area contributed by atoms with Gasteiger partial charge in [-0.2, -0.15) is 13.2 Å². The molecule has 1 amide bonds. The van der Waals surface area contributed by atoms with Gasteiger partial charge in [-0.25, -0.2) is 4.39 Å². The number of alkyl halides is 3. The van der Waals surface area contributed by atoms with Crippen molar-refractivity contribution in [1.82, 2.24) is 0 Å². The van der Waals surface area contributed by atoms with Crippen LogP contribution in [0.25, 0.3) is 0 Å². The zero-order chi connectivity index (χ0) is 22.2. The van der Waals surface area contributed by atoms with Gasteiger partial charge in [0.1, 0.15) is 5.82 Å². The van der Waals surface area contributed by atoms with E-state index < -0.39 is 34.8 Å². The molecule has 0 saturated heterocycles. The molecular weight excluding hydrogens is 410 g/mol. The van der Waals surface area contributed by atoms with Gasteiger partial charge < -0.3 is 10.0 Å². The number of nitrogens with zero attached hydrogens (tertiary/aromatic N) is 1. The van der Waals surface area contributed by atoms with E-state index in [4.69, 9.17) is 0 Å². The van der Waals surface area contributed by atoms with Crippen LogP contribution in [-0.4, -0.2) is 11.0 Å². The number of rotatable bonds is 2. The summed E-state index contributed by atoms with van der Waals surface area (Å²) >= 11 is 0. The van der Waals surface area contributed by atoms with Crippen LogP contribution in [-0.2, 0) is 23.1 Å². The highest BCUT2D eigenvalue weighted by Crippen LogP contribution is 2.47. The van der Waals surface area contributed by atoms with Crippen LogP contribution in [0.4, 0.5) is 23.2 Å². The Hall–Kier alpha value is -3.63. The van der Waals surface area contributed by atoms with Crippen molar-refractivity contribution in [2.75, 3.05) is 4.90 Å². The Kier molecular flexibility index (Phi) is 5.03. The van der Waals surface area contributed by atoms with Crippen LogP contribution in [0.15, 0.2) is 72.8 Å². The molecule has 3 aromatic carbocycles. The first-order valence-electron chi connectivity index (χ1n) is 9.28. The average molecular weight is 425 g/mol. The van der Waals surface area contributed by atoms with Crippen LogP contribution in [0.5, 0.6) is 0 Å². The van der Waals surface area contributed by atoms with Gasteiger partial charge >= 0.3 is 6.18 Å². The van der Waals surface area contributed by atoms with Gasteiger partial charge in [0, 0.05) is 11.1 Å². The SMILES string of the molecule is O=C1N(Cc2ccc(F)cc2)c2c(C(F)(F)F)cccc2C1(O)C#Cc1ccccc1. The van der Waals surface area contributed by atoms with Crippen LogP contribution in [0.1, 0.15) is 22.3 Å². The zero-order valence-corrected chi connectivity index (χ0v) is 15.9. The molecule has 7 heteroatoms. The van der Waals surface area contributed by atoms with Crippen LogP contribution >= 0.6 is 0 Å². The summed E-state index contributed by atoms with van der Waals surface area (Å²) in [5.74, 6) is 3.63. The van der Waals surface area contributed by atoms with Crippen molar-refractivity contribution in [3.05, 3.63) is 101 Å². The molecular formula is C24H15F4NO2. The molecule has 0 fully saturated rings. The third-order valence-electron chi connectivity index (χ3n) is 4.97. The molecule has 31 heavy (non-hydrogen) atoms. The molecule has 0 aromatic heterocycles. The Labute approximate surface area is 175 Å². The fourth-order valence-electron chi connectivity index (χ4n) is 3.50. The zero-order valence-electron chi connectivity index (χ0n) is 15.9. The summed E-state index contributed by atoms with van der Waals surface area (Å²) in [7, 11) is 0. The fourth-order valence-corrected chi connectivity index (χ4v) is 3.50. The number of para-hydroxylation sites is 1. The van der Waals surface area contributed by atoms with E-state index in [1.807, 2.05) is 0 Å². The number of fused-ring (bicyclic) bond motifs is 1. The van der Waals surface area contributed by atoms with Crippen molar-refractivity contribution in [2.45, 2.75) is 18.3 Å². The van der Waals surface area contributed by atoms with Gasteiger partial charge in [0.15, 0.2) is 0 Å². The molecule has 1 aliphatic heterocycles. The largest absolute Gasteiger partial charge is 0.418 e. The number of hydrogen-bond donors (Lipinski definition) is 1. The minimum atomic E-state index is -4.76. The van der Waals surface area contributed by atoms with Crippen molar-refractivity contribution in [1.29, 1.82) is 0 Å². The molecule has 1 N–H and O–H groups in total. The number of halogens is 4. The normalized spacial score (nSPS) is 17.8. The molecule has 3 nitrogen and oxygen atoms in total. The Morgan fingerprint density at radius 1 is 0.935 bits per heavy atom. The van der Waals surface area contributed by atoms with Gasteiger partial charge in [0.25, 0.3) is 5.91 Å². The summed E-state index contributed by atoms with van der Waals surface area (Å²) < 4.78 is 54.4. The molecule has 1 aliphatic rings. The van der Waals surface area contributed by atoms with E-state index in [1.165, 1.54) is 18.2 Å². The molecule has 0 bridgehead atoms. The van der Waals surface area contributed by atoms with E-state index in [9.17, 15) is 27.5 Å². The number of anilines is 1. The van der Waals surface area contributed by atoms with Crippen LogP contribution in [0.2, 0.25) is 0 Å². The summed E-state index contributed by atoms with van der Waals surface area (Å²) in [4.78, 5) is 14.0. The van der Waals surface area contributed by atoms with E-state index in [2.05, 4.69) is 11.8 Å². The van der Waals surface area contributed by atoms with E-state index in [-0.39, 0.29) is 12.1 Å². The van der Waals surface area contributed by atoms with Gasteiger partial charge in [-0.1, -0.05) is 48.4 Å². The van der Waals surface area contributed by atoms with Gasteiger partial charge in [0.2, 0.25) is 5.60 Å². The number of amides is 1. The molecule has 0 saturated carbocycles. The summed E-state index contributed by atoms with van der Waals surface area (Å²) in [5.41, 5.74) is -3.30. The van der Waals surface area contributed by atoms with Crippen molar-refractivity contribution >= 4 is 11.6 Å². The standard InChI is InChI=1S/C24H15F4NO2/c25-18-11-9-17(10-12-18)15-29-21-19(7-4-8-20(21)24(26,27)28)23(31,22(29)30)14-13-16-5-2-1-3-6-16/h1-12,31H,15H2. The second-order valence-electron chi connectivity index (χ2n) is 7.04. The first kappa shape index (κ1) is 20.6. The molecule has 0 spiro atoms. The molecule has 3 aromatic rings. The van der Waals surface area contributed by atoms with Gasteiger partial charge in [-0.3, -0.25) is 4.79 Å². The second kappa shape index (κ2) is 7.56. The molecule has 156 valence electrons. The predicted octanol–water partition coefficient (Wildman–Crippen LogP) is 4.63. The highest BCUT2D eigenvalue weighted by Gasteiger charge is 2.52. The quantitative estimate of drug-likeness (QED) is 0.481. The molecule has 1 unspecified atom stereocenters. The molecule has 0 radical (unpaired) electrons. The van der Waals surface area contributed by atoms with Gasteiger partial charge in [-0.15, -0.1) is 0 Å². The predicted molar refractivity (Wildman–Crippen MR) is 106 cm³/mol. The highest BCUT2D eigenvalue weighted by molar-refractivity contribution is 6.09. The number of benzene rings is 3. The van der Waals surface area contributed by atoms with Crippen LogP contribution < -0.4 is 4.90 Å². The minimum Gasteiger partial charge on any atom is -0.366 e.